The van der Waals surface area contributed by atoms with Gasteiger partial charge in [0.25, 0.3) is 0 Å². The molecule has 0 atom stereocenters. The van der Waals surface area contributed by atoms with Crippen molar-refractivity contribution in [1.82, 2.24) is 0 Å². The molecule has 0 unspecified atom stereocenters. The minimum absolute atomic E-state index is 0.665. The third-order valence-electron chi connectivity index (χ3n) is 9.65. The van der Waals surface area contributed by atoms with Gasteiger partial charge in [0, 0.05) is 0 Å². The summed E-state index contributed by atoms with van der Waals surface area (Å²) in [5.74, 6) is 0. The molecule has 0 fully saturated rings. The van der Waals surface area contributed by atoms with Gasteiger partial charge >= 0.3 is 0 Å². The van der Waals surface area contributed by atoms with Crippen LogP contribution in [-0.2, 0) is 0 Å². The van der Waals surface area contributed by atoms with E-state index in [0.717, 1.165) is 16.7 Å². The Balaban J connectivity index is 1.45. The Hall–Kier alpha value is -6.49. The smallest absolute Gasteiger partial charge is 0.0991 e. The predicted molar refractivity (Wildman–Crippen MR) is 200 cm³/mol. The van der Waals surface area contributed by atoms with Gasteiger partial charge in [0.1, 0.15) is 0 Å². The second-order valence-corrected chi connectivity index (χ2v) is 12.3. The van der Waals surface area contributed by atoms with E-state index in [-0.39, 0.29) is 0 Å². The first-order chi connectivity index (χ1) is 23.8. The van der Waals surface area contributed by atoms with Crippen LogP contribution in [0.15, 0.2) is 176 Å². The highest BCUT2D eigenvalue weighted by Gasteiger charge is 2.33. The molecule has 222 valence electrons. The lowest BCUT2D eigenvalue weighted by Crippen LogP contribution is -1.99. The van der Waals surface area contributed by atoms with Crippen LogP contribution >= 0.6 is 0 Å². The number of nitriles is 1. The largest absolute Gasteiger partial charge is 0.192 e. The highest BCUT2D eigenvalue weighted by Crippen LogP contribution is 2.60. The average Bonchev–Trinajstić information content (AvgIpc) is 3.50. The van der Waals surface area contributed by atoms with E-state index < -0.39 is 0 Å². The van der Waals surface area contributed by atoms with Gasteiger partial charge in [-0.25, -0.2) is 0 Å². The van der Waals surface area contributed by atoms with Crippen molar-refractivity contribution < 1.29 is 0 Å². The first kappa shape index (κ1) is 27.8. The molecule has 0 radical (unpaired) electrons. The molecule has 0 bridgehead atoms. The van der Waals surface area contributed by atoms with Gasteiger partial charge in [-0.1, -0.05) is 164 Å². The Kier molecular flexibility index (Phi) is 6.59. The normalized spacial score (nSPS) is 11.3. The van der Waals surface area contributed by atoms with Gasteiger partial charge in [-0.3, -0.25) is 0 Å². The molecule has 48 heavy (non-hydrogen) atoms. The molecule has 0 heterocycles. The first-order valence-electron chi connectivity index (χ1n) is 16.3. The molecular weight excluding hydrogens is 579 g/mol. The van der Waals surface area contributed by atoms with Crippen LogP contribution in [0.2, 0.25) is 0 Å². The summed E-state index contributed by atoms with van der Waals surface area (Å²) in [6.07, 6.45) is 0. The van der Waals surface area contributed by atoms with Crippen molar-refractivity contribution in [2.45, 2.75) is 0 Å². The second-order valence-electron chi connectivity index (χ2n) is 12.3. The SMILES string of the molecule is N#Cc1ccc(-c2ccc(-c3c(-c4ccccc4)c(-c4ccccc4)c4c(c3-c3ccccc3)-c3cccc5cccc-4c35)cc2)cc1. The van der Waals surface area contributed by atoms with Crippen molar-refractivity contribution >= 4 is 10.8 Å². The molecule has 0 N–H and O–H groups in total. The summed E-state index contributed by atoms with van der Waals surface area (Å²) in [4.78, 5) is 0. The molecular formula is C47H29N. The highest BCUT2D eigenvalue weighted by atomic mass is 14.4. The molecule has 0 saturated carbocycles. The maximum Gasteiger partial charge on any atom is 0.0991 e. The van der Waals surface area contributed by atoms with Crippen molar-refractivity contribution in [1.29, 1.82) is 5.26 Å². The number of hydrogen-bond acceptors (Lipinski definition) is 1. The van der Waals surface area contributed by atoms with Gasteiger partial charge in [-0.15, -0.1) is 0 Å². The number of nitrogens with zero attached hydrogens (tertiary/aromatic N) is 1. The van der Waals surface area contributed by atoms with E-state index in [1.165, 1.54) is 72.0 Å². The zero-order valence-electron chi connectivity index (χ0n) is 26.2. The lowest BCUT2D eigenvalue weighted by molar-refractivity contribution is 1.48. The Labute approximate surface area is 280 Å². The van der Waals surface area contributed by atoms with Crippen molar-refractivity contribution in [3.8, 4) is 84.0 Å². The molecule has 1 nitrogen and oxygen atoms in total. The molecule has 8 aromatic rings. The maximum atomic E-state index is 9.33. The van der Waals surface area contributed by atoms with E-state index in [1.54, 1.807) is 0 Å². The summed E-state index contributed by atoms with van der Waals surface area (Å²) in [6.45, 7) is 0. The fourth-order valence-corrected chi connectivity index (χ4v) is 7.58. The van der Waals surface area contributed by atoms with Gasteiger partial charge < -0.3 is 0 Å². The minimum atomic E-state index is 0.665. The average molecular weight is 608 g/mol. The molecule has 1 aliphatic rings. The lowest BCUT2D eigenvalue weighted by Gasteiger charge is -2.26. The first-order valence-corrected chi connectivity index (χ1v) is 16.3. The van der Waals surface area contributed by atoms with Gasteiger partial charge in [-0.05, 0) is 101 Å². The van der Waals surface area contributed by atoms with Crippen LogP contribution in [0.1, 0.15) is 5.56 Å². The molecule has 1 aliphatic carbocycles. The molecule has 0 spiro atoms. The van der Waals surface area contributed by atoms with E-state index in [0.29, 0.717) is 5.56 Å². The van der Waals surface area contributed by atoms with Crippen molar-refractivity contribution in [2.75, 3.05) is 0 Å². The van der Waals surface area contributed by atoms with Crippen LogP contribution < -0.4 is 0 Å². The molecule has 0 aliphatic heterocycles. The number of benzene rings is 8. The Bertz CT molecular complexity index is 2500. The van der Waals surface area contributed by atoms with E-state index >= 15 is 0 Å². The van der Waals surface area contributed by atoms with Crippen LogP contribution in [-0.4, -0.2) is 0 Å². The summed E-state index contributed by atoms with van der Waals surface area (Å²) in [7, 11) is 0. The Morgan fingerprint density at radius 1 is 0.292 bits per heavy atom. The van der Waals surface area contributed by atoms with Crippen LogP contribution in [0.5, 0.6) is 0 Å². The third kappa shape index (κ3) is 4.39. The van der Waals surface area contributed by atoms with E-state index in [2.05, 4.69) is 158 Å². The number of rotatable bonds is 5. The van der Waals surface area contributed by atoms with Crippen molar-refractivity contribution in [3.63, 3.8) is 0 Å². The van der Waals surface area contributed by atoms with E-state index in [1.807, 2.05) is 24.3 Å². The molecule has 1 heteroatoms. The topological polar surface area (TPSA) is 23.8 Å². The monoisotopic (exact) mass is 607 g/mol. The van der Waals surface area contributed by atoms with Crippen molar-refractivity contribution in [2.24, 2.45) is 0 Å². The Morgan fingerprint density at radius 2 is 0.646 bits per heavy atom. The van der Waals surface area contributed by atoms with Crippen LogP contribution in [0, 0.1) is 11.3 Å². The minimum Gasteiger partial charge on any atom is -0.192 e. The van der Waals surface area contributed by atoms with Gasteiger partial charge in [0.05, 0.1) is 11.6 Å². The van der Waals surface area contributed by atoms with Gasteiger partial charge in [0.15, 0.2) is 0 Å². The molecule has 0 aromatic heterocycles. The van der Waals surface area contributed by atoms with Crippen molar-refractivity contribution in [3.05, 3.63) is 181 Å². The standard InChI is InChI=1S/C47H29N/c48-30-31-22-24-32(25-23-31)33-26-28-38(29-27-33)43-42(35-12-4-1-5-13-35)44(36-14-6-2-7-15-36)46-39-20-10-18-34-19-11-21-40(41(34)39)47(46)45(43)37-16-8-3-9-17-37/h1-29H. The van der Waals surface area contributed by atoms with Crippen LogP contribution in [0.4, 0.5) is 0 Å². The summed E-state index contributed by atoms with van der Waals surface area (Å²) in [5.41, 5.74) is 17.7. The fourth-order valence-electron chi connectivity index (χ4n) is 7.58. The summed E-state index contributed by atoms with van der Waals surface area (Å²) < 4.78 is 0. The number of fused-ring (bicyclic) bond motifs is 3. The van der Waals surface area contributed by atoms with Crippen LogP contribution in [0.25, 0.3) is 88.7 Å². The lowest BCUT2D eigenvalue weighted by atomic mass is 9.76. The van der Waals surface area contributed by atoms with E-state index in [4.69, 9.17) is 0 Å². The van der Waals surface area contributed by atoms with Gasteiger partial charge in [0.2, 0.25) is 0 Å². The summed E-state index contributed by atoms with van der Waals surface area (Å²) in [5, 5.41) is 11.9. The quantitative estimate of drug-likeness (QED) is 0.191. The highest BCUT2D eigenvalue weighted by molar-refractivity contribution is 6.25. The summed E-state index contributed by atoms with van der Waals surface area (Å²) in [6, 6.07) is 65.2. The Morgan fingerprint density at radius 3 is 1.06 bits per heavy atom. The zero-order valence-corrected chi connectivity index (χ0v) is 26.2. The van der Waals surface area contributed by atoms with E-state index in [9.17, 15) is 5.26 Å². The second kappa shape index (κ2) is 11.4. The molecule has 9 rings (SSSR count). The predicted octanol–water partition coefficient (Wildman–Crippen LogP) is 12.7. The maximum absolute atomic E-state index is 9.33. The zero-order chi connectivity index (χ0) is 32.0. The molecule has 8 aromatic carbocycles. The third-order valence-corrected chi connectivity index (χ3v) is 9.65. The number of hydrogen-bond donors (Lipinski definition) is 0. The summed E-state index contributed by atoms with van der Waals surface area (Å²) >= 11 is 0. The van der Waals surface area contributed by atoms with Gasteiger partial charge in [-0.2, -0.15) is 5.26 Å². The fraction of sp³-hybridized carbons (Fsp3) is 0. The molecule has 0 saturated heterocycles. The van der Waals surface area contributed by atoms with Crippen LogP contribution in [0.3, 0.4) is 0 Å². The molecule has 0 amide bonds.